The highest BCUT2D eigenvalue weighted by Gasteiger charge is 2.06. The van der Waals surface area contributed by atoms with Gasteiger partial charge < -0.3 is 10.6 Å². The van der Waals surface area contributed by atoms with Crippen LogP contribution in [0, 0.1) is 17.2 Å². The van der Waals surface area contributed by atoms with Crippen LogP contribution in [0.25, 0.3) is 0 Å². The van der Waals surface area contributed by atoms with Crippen LogP contribution in [0.15, 0.2) is 24.3 Å². The number of nitrogens with zero attached hydrogens (tertiary/aromatic N) is 1. The number of anilines is 1. The summed E-state index contributed by atoms with van der Waals surface area (Å²) in [5.74, 6) is 0.193. The number of benzene rings is 1. The number of carbonyl (C=O) groups is 1. The molecule has 0 atom stereocenters. The van der Waals surface area contributed by atoms with Crippen molar-refractivity contribution in [1.82, 2.24) is 5.32 Å². The van der Waals surface area contributed by atoms with Crippen LogP contribution >= 0.6 is 12.2 Å². The summed E-state index contributed by atoms with van der Waals surface area (Å²) >= 11 is 5.02. The molecule has 1 rings (SSSR count). The van der Waals surface area contributed by atoms with Crippen LogP contribution in [0.3, 0.4) is 0 Å². The van der Waals surface area contributed by atoms with Gasteiger partial charge in [0.1, 0.15) is 0 Å². The minimum absolute atomic E-state index is 0.101. The Morgan fingerprint density at radius 1 is 1.39 bits per heavy atom. The van der Waals surface area contributed by atoms with E-state index < -0.39 is 0 Å². The molecule has 0 saturated heterocycles. The zero-order valence-corrected chi connectivity index (χ0v) is 11.2. The maximum Gasteiger partial charge on any atom is 0.226 e. The van der Waals surface area contributed by atoms with Crippen molar-refractivity contribution in [2.45, 2.75) is 20.3 Å². The van der Waals surface area contributed by atoms with Crippen molar-refractivity contribution in [2.24, 2.45) is 5.92 Å². The fourth-order valence-corrected chi connectivity index (χ4v) is 1.57. The van der Waals surface area contributed by atoms with Gasteiger partial charge in [-0.1, -0.05) is 13.8 Å². The van der Waals surface area contributed by atoms with E-state index in [2.05, 4.69) is 10.6 Å². The molecule has 94 valence electrons. The maximum atomic E-state index is 11.5. The van der Waals surface area contributed by atoms with Crippen LogP contribution in [0.4, 0.5) is 5.69 Å². The zero-order chi connectivity index (χ0) is 13.5. The molecule has 5 heteroatoms. The van der Waals surface area contributed by atoms with E-state index in [9.17, 15) is 4.79 Å². The predicted octanol–water partition coefficient (Wildman–Crippen LogP) is 2.42. The van der Waals surface area contributed by atoms with E-state index in [1.807, 2.05) is 19.9 Å². The predicted molar refractivity (Wildman–Crippen MR) is 75.0 cm³/mol. The standard InChI is InChI=1S/C13H15N3OS/c1-9(2)7-12(17)16-13(18)15-11-5-3-10(8-14)4-6-11/h3-6,9H,7H2,1-2H3,(H2,15,16,17,18). The number of nitrogens with one attached hydrogen (secondary N) is 2. The molecule has 0 saturated carbocycles. The molecule has 1 aromatic carbocycles. The molecule has 2 N–H and O–H groups in total. The van der Waals surface area contributed by atoms with Crippen LogP contribution in [0.2, 0.25) is 0 Å². The first-order valence-electron chi connectivity index (χ1n) is 5.62. The van der Waals surface area contributed by atoms with Gasteiger partial charge in [-0.05, 0) is 42.4 Å². The highest BCUT2D eigenvalue weighted by Crippen LogP contribution is 2.08. The van der Waals surface area contributed by atoms with Crippen molar-refractivity contribution in [3.05, 3.63) is 29.8 Å². The van der Waals surface area contributed by atoms with E-state index in [0.29, 0.717) is 17.9 Å². The summed E-state index contributed by atoms with van der Waals surface area (Å²) in [6.45, 7) is 3.94. The van der Waals surface area contributed by atoms with Gasteiger partial charge in [-0.25, -0.2) is 0 Å². The highest BCUT2D eigenvalue weighted by molar-refractivity contribution is 7.80. The third-order valence-electron chi connectivity index (χ3n) is 2.12. The van der Waals surface area contributed by atoms with Crippen molar-refractivity contribution in [3.63, 3.8) is 0 Å². The lowest BCUT2D eigenvalue weighted by atomic mass is 10.1. The molecule has 0 unspecified atom stereocenters. The Kier molecular flexibility index (Phi) is 5.28. The second kappa shape index (κ2) is 6.72. The first-order chi connectivity index (χ1) is 8.51. The molecule has 4 nitrogen and oxygen atoms in total. The number of thiocarbonyl (C=S) groups is 1. The molecule has 0 aliphatic carbocycles. The number of carbonyl (C=O) groups excluding carboxylic acids is 1. The fraction of sp³-hybridized carbons (Fsp3) is 0.308. The van der Waals surface area contributed by atoms with Crippen LogP contribution < -0.4 is 10.6 Å². The summed E-state index contributed by atoms with van der Waals surface area (Å²) in [4.78, 5) is 11.5. The molecular weight excluding hydrogens is 246 g/mol. The monoisotopic (exact) mass is 261 g/mol. The van der Waals surface area contributed by atoms with E-state index >= 15 is 0 Å². The number of rotatable bonds is 3. The Morgan fingerprint density at radius 2 is 2.00 bits per heavy atom. The lowest BCUT2D eigenvalue weighted by molar-refractivity contribution is -0.120. The molecule has 0 radical (unpaired) electrons. The Morgan fingerprint density at radius 3 is 2.50 bits per heavy atom. The topological polar surface area (TPSA) is 64.9 Å². The van der Waals surface area contributed by atoms with Gasteiger partial charge in [-0.15, -0.1) is 0 Å². The summed E-state index contributed by atoms with van der Waals surface area (Å²) in [5, 5.41) is 14.4. The minimum atomic E-state index is -0.101. The number of hydrogen-bond donors (Lipinski definition) is 2. The Labute approximate surface area is 112 Å². The lowest BCUT2D eigenvalue weighted by Crippen LogP contribution is -2.34. The Hall–Kier alpha value is -1.93. The first-order valence-corrected chi connectivity index (χ1v) is 6.03. The zero-order valence-electron chi connectivity index (χ0n) is 10.4. The van der Waals surface area contributed by atoms with Gasteiger partial charge in [0.15, 0.2) is 5.11 Å². The van der Waals surface area contributed by atoms with Gasteiger partial charge in [-0.3, -0.25) is 4.79 Å². The minimum Gasteiger partial charge on any atom is -0.332 e. The van der Waals surface area contributed by atoms with Gasteiger partial charge in [-0.2, -0.15) is 5.26 Å². The summed E-state index contributed by atoms with van der Waals surface area (Å²) in [7, 11) is 0. The average molecular weight is 261 g/mol. The normalized spacial score (nSPS) is 9.67. The summed E-state index contributed by atoms with van der Waals surface area (Å²) in [5.41, 5.74) is 1.32. The molecular formula is C13H15N3OS. The SMILES string of the molecule is CC(C)CC(=O)NC(=S)Nc1ccc(C#N)cc1. The average Bonchev–Trinajstić information content (AvgIpc) is 2.28. The van der Waals surface area contributed by atoms with Crippen LogP contribution in [0.5, 0.6) is 0 Å². The van der Waals surface area contributed by atoms with Crippen molar-refractivity contribution in [2.75, 3.05) is 5.32 Å². The highest BCUT2D eigenvalue weighted by atomic mass is 32.1. The molecule has 0 fully saturated rings. The summed E-state index contributed by atoms with van der Waals surface area (Å²) < 4.78 is 0. The van der Waals surface area contributed by atoms with Crippen LogP contribution in [-0.4, -0.2) is 11.0 Å². The maximum absolute atomic E-state index is 11.5. The summed E-state index contributed by atoms with van der Waals surface area (Å²) in [6, 6.07) is 8.86. The van der Waals surface area contributed by atoms with Crippen molar-refractivity contribution >= 4 is 28.9 Å². The molecule has 0 spiro atoms. The Balaban J connectivity index is 2.49. The molecule has 0 bridgehead atoms. The molecule has 0 aromatic heterocycles. The van der Waals surface area contributed by atoms with E-state index in [-0.39, 0.29) is 11.0 Å². The fourth-order valence-electron chi connectivity index (χ4n) is 1.34. The van der Waals surface area contributed by atoms with Gasteiger partial charge >= 0.3 is 0 Å². The molecule has 18 heavy (non-hydrogen) atoms. The smallest absolute Gasteiger partial charge is 0.226 e. The van der Waals surface area contributed by atoms with Crippen molar-refractivity contribution in [3.8, 4) is 6.07 Å². The van der Waals surface area contributed by atoms with Crippen LogP contribution in [-0.2, 0) is 4.79 Å². The summed E-state index contributed by atoms with van der Waals surface area (Å²) in [6.07, 6.45) is 0.440. The second-order valence-corrected chi connectivity index (χ2v) is 4.70. The van der Waals surface area contributed by atoms with E-state index in [1.165, 1.54) is 0 Å². The third kappa shape index (κ3) is 4.93. The van der Waals surface area contributed by atoms with Crippen molar-refractivity contribution < 1.29 is 4.79 Å². The van der Waals surface area contributed by atoms with Crippen LogP contribution in [0.1, 0.15) is 25.8 Å². The van der Waals surface area contributed by atoms with E-state index in [4.69, 9.17) is 17.5 Å². The van der Waals surface area contributed by atoms with Crippen molar-refractivity contribution in [1.29, 1.82) is 5.26 Å². The Bertz CT molecular complexity index is 474. The molecule has 1 amide bonds. The largest absolute Gasteiger partial charge is 0.332 e. The van der Waals surface area contributed by atoms with E-state index in [1.54, 1.807) is 24.3 Å². The molecule has 0 aliphatic rings. The molecule has 1 aromatic rings. The van der Waals surface area contributed by atoms with Gasteiger partial charge in [0, 0.05) is 12.1 Å². The number of nitriles is 1. The third-order valence-corrected chi connectivity index (χ3v) is 2.32. The van der Waals surface area contributed by atoms with Gasteiger partial charge in [0.2, 0.25) is 5.91 Å². The van der Waals surface area contributed by atoms with E-state index in [0.717, 1.165) is 5.69 Å². The molecule has 0 heterocycles. The quantitative estimate of drug-likeness (QED) is 0.820. The molecule has 0 aliphatic heterocycles. The number of hydrogen-bond acceptors (Lipinski definition) is 3. The first kappa shape index (κ1) is 14.1. The van der Waals surface area contributed by atoms with Gasteiger partial charge in [0.05, 0.1) is 11.6 Å². The second-order valence-electron chi connectivity index (χ2n) is 4.29. The number of amides is 1. The lowest BCUT2D eigenvalue weighted by Gasteiger charge is -2.10. The van der Waals surface area contributed by atoms with Gasteiger partial charge in [0.25, 0.3) is 0 Å².